The molecule has 3 rings (SSSR count). The summed E-state index contributed by atoms with van der Waals surface area (Å²) in [5.41, 5.74) is 3.13. The van der Waals surface area contributed by atoms with Crippen molar-refractivity contribution in [3.63, 3.8) is 0 Å². The largest absolute Gasteiger partial charge is 0.492 e. The van der Waals surface area contributed by atoms with Crippen LogP contribution in [0, 0.1) is 19.8 Å². The Morgan fingerprint density at radius 1 is 1.00 bits per heavy atom. The first-order valence-electron chi connectivity index (χ1n) is 13.2. The van der Waals surface area contributed by atoms with Crippen LogP contribution in [0.5, 0.6) is 5.75 Å². The number of alkyl halides is 3. The molecular formula is C29H40F3N3O2. The predicted molar refractivity (Wildman–Crippen MR) is 141 cm³/mol. The van der Waals surface area contributed by atoms with E-state index in [1.807, 2.05) is 6.07 Å². The van der Waals surface area contributed by atoms with Gasteiger partial charge in [-0.2, -0.15) is 13.2 Å². The third kappa shape index (κ3) is 7.48. The van der Waals surface area contributed by atoms with Gasteiger partial charge in [-0.1, -0.05) is 26.3 Å². The molecule has 37 heavy (non-hydrogen) atoms. The van der Waals surface area contributed by atoms with Crippen molar-refractivity contribution in [2.75, 3.05) is 45.9 Å². The van der Waals surface area contributed by atoms with Crippen LogP contribution >= 0.6 is 0 Å². The zero-order valence-electron chi connectivity index (χ0n) is 22.6. The lowest BCUT2D eigenvalue weighted by atomic mass is 9.96. The zero-order valence-corrected chi connectivity index (χ0v) is 22.6. The number of rotatable bonds is 10. The molecule has 8 heteroatoms. The molecule has 1 saturated heterocycles. The molecule has 1 aliphatic rings. The van der Waals surface area contributed by atoms with Crippen LogP contribution in [0.3, 0.4) is 0 Å². The van der Waals surface area contributed by atoms with Gasteiger partial charge in [0.2, 0.25) is 0 Å². The second kappa shape index (κ2) is 12.8. The highest BCUT2D eigenvalue weighted by atomic mass is 19.4. The van der Waals surface area contributed by atoms with Crippen molar-refractivity contribution in [2.45, 2.75) is 53.3 Å². The molecule has 1 amide bonds. The number of hydrogen-bond acceptors (Lipinski definition) is 4. The molecule has 1 N–H and O–H groups in total. The van der Waals surface area contributed by atoms with E-state index in [9.17, 15) is 18.0 Å². The molecule has 0 aliphatic carbocycles. The van der Waals surface area contributed by atoms with Gasteiger partial charge in [0, 0.05) is 44.3 Å². The first-order chi connectivity index (χ1) is 17.5. The molecule has 2 atom stereocenters. The molecule has 204 valence electrons. The first kappa shape index (κ1) is 29.0. The third-order valence-corrected chi connectivity index (χ3v) is 7.56. The van der Waals surface area contributed by atoms with Crippen LogP contribution < -0.4 is 10.1 Å². The van der Waals surface area contributed by atoms with Crippen LogP contribution in [0.2, 0.25) is 0 Å². The van der Waals surface area contributed by atoms with Gasteiger partial charge in [0.1, 0.15) is 12.4 Å². The fourth-order valence-corrected chi connectivity index (χ4v) is 4.65. The summed E-state index contributed by atoms with van der Waals surface area (Å²) in [6.07, 6.45) is -3.25. The van der Waals surface area contributed by atoms with E-state index in [0.29, 0.717) is 38.7 Å². The Kier molecular flexibility index (Phi) is 10.0. The number of nitrogens with one attached hydrogen (secondary N) is 1. The number of halogens is 3. The molecule has 0 spiro atoms. The summed E-state index contributed by atoms with van der Waals surface area (Å²) in [6, 6.07) is 8.81. The molecule has 0 aromatic heterocycles. The summed E-state index contributed by atoms with van der Waals surface area (Å²) < 4.78 is 44.5. The van der Waals surface area contributed by atoms with Gasteiger partial charge in [-0.15, -0.1) is 0 Å². The lowest BCUT2D eigenvalue weighted by Gasteiger charge is -2.39. The minimum Gasteiger partial charge on any atom is -0.492 e. The van der Waals surface area contributed by atoms with Crippen molar-refractivity contribution in [2.24, 2.45) is 5.92 Å². The van der Waals surface area contributed by atoms with Crippen LogP contribution in [0.15, 0.2) is 36.4 Å². The van der Waals surface area contributed by atoms with Gasteiger partial charge in [0.25, 0.3) is 5.91 Å². The number of piperazine rings is 1. The minimum atomic E-state index is -4.41. The first-order valence-corrected chi connectivity index (χ1v) is 13.2. The lowest BCUT2D eigenvalue weighted by Crippen LogP contribution is -2.49. The topological polar surface area (TPSA) is 44.8 Å². The molecule has 2 unspecified atom stereocenters. The summed E-state index contributed by atoms with van der Waals surface area (Å²) in [4.78, 5) is 16.9. The average Bonchev–Trinajstić information content (AvgIpc) is 2.89. The van der Waals surface area contributed by atoms with Crippen molar-refractivity contribution >= 4 is 5.91 Å². The van der Waals surface area contributed by atoms with Gasteiger partial charge in [0.05, 0.1) is 5.56 Å². The van der Waals surface area contributed by atoms with Crippen LogP contribution in [0.25, 0.3) is 0 Å². The third-order valence-electron chi connectivity index (χ3n) is 7.56. The highest BCUT2D eigenvalue weighted by molar-refractivity contribution is 5.94. The molecule has 1 aliphatic heterocycles. The fraction of sp³-hybridized carbons (Fsp3) is 0.552. The smallest absolute Gasteiger partial charge is 0.416 e. The lowest BCUT2D eigenvalue weighted by molar-refractivity contribution is -0.137. The van der Waals surface area contributed by atoms with Gasteiger partial charge in [0.15, 0.2) is 0 Å². The number of benzene rings is 2. The maximum Gasteiger partial charge on any atom is 0.416 e. The predicted octanol–water partition coefficient (Wildman–Crippen LogP) is 5.86. The molecule has 0 bridgehead atoms. The van der Waals surface area contributed by atoms with Crippen molar-refractivity contribution in [3.8, 4) is 5.75 Å². The van der Waals surface area contributed by atoms with Crippen molar-refractivity contribution in [1.29, 1.82) is 0 Å². The van der Waals surface area contributed by atoms with E-state index in [1.54, 1.807) is 4.90 Å². The van der Waals surface area contributed by atoms with Gasteiger partial charge in [-0.3, -0.25) is 9.69 Å². The number of amides is 1. The van der Waals surface area contributed by atoms with Crippen LogP contribution in [-0.4, -0.2) is 61.6 Å². The second-order valence-electron chi connectivity index (χ2n) is 10.0. The average molecular weight is 520 g/mol. The molecule has 0 saturated carbocycles. The molecule has 0 radical (unpaired) electrons. The summed E-state index contributed by atoms with van der Waals surface area (Å²) in [6.45, 7) is 15.7. The summed E-state index contributed by atoms with van der Waals surface area (Å²) >= 11 is 0. The number of carbonyl (C=O) groups excluding carboxylic acids is 1. The zero-order chi connectivity index (χ0) is 27.2. The van der Waals surface area contributed by atoms with E-state index < -0.39 is 11.7 Å². The quantitative estimate of drug-likeness (QED) is 0.400. The summed E-state index contributed by atoms with van der Waals surface area (Å²) in [7, 11) is 0. The Morgan fingerprint density at radius 3 is 2.24 bits per heavy atom. The molecule has 2 aromatic carbocycles. The van der Waals surface area contributed by atoms with Crippen molar-refractivity contribution in [1.82, 2.24) is 15.1 Å². The molecule has 1 heterocycles. The van der Waals surface area contributed by atoms with E-state index in [0.717, 1.165) is 43.0 Å². The number of ether oxygens (including phenoxy) is 1. The van der Waals surface area contributed by atoms with Gasteiger partial charge in [-0.25, -0.2) is 0 Å². The maximum absolute atomic E-state index is 12.8. The maximum atomic E-state index is 12.8. The van der Waals surface area contributed by atoms with E-state index in [2.05, 4.69) is 50.9 Å². The highest BCUT2D eigenvalue weighted by Crippen LogP contribution is 2.32. The Labute approximate surface area is 219 Å². The Hall–Kier alpha value is -2.58. The normalized spacial score (nSPS) is 16.5. The minimum absolute atomic E-state index is 0.174. The van der Waals surface area contributed by atoms with Gasteiger partial charge >= 0.3 is 6.18 Å². The van der Waals surface area contributed by atoms with Crippen molar-refractivity contribution < 1.29 is 22.7 Å². The number of hydrogen-bond donors (Lipinski definition) is 1. The van der Waals surface area contributed by atoms with Crippen LogP contribution in [0.4, 0.5) is 13.2 Å². The Balaban J connectivity index is 1.54. The second-order valence-corrected chi connectivity index (χ2v) is 10.0. The SMILES string of the molecule is CCC(C)CNCCOc1ccc(C(C)N2CCN(C(=O)c3ccc(C(F)(F)F)cc3)CC2)c(C)c1C. The van der Waals surface area contributed by atoms with E-state index in [1.165, 1.54) is 23.3 Å². The van der Waals surface area contributed by atoms with Gasteiger partial charge in [-0.05, 0) is 80.3 Å². The summed E-state index contributed by atoms with van der Waals surface area (Å²) in [5.74, 6) is 1.34. The fourth-order valence-electron chi connectivity index (χ4n) is 4.65. The molecule has 2 aromatic rings. The summed E-state index contributed by atoms with van der Waals surface area (Å²) in [5, 5.41) is 3.44. The van der Waals surface area contributed by atoms with Crippen LogP contribution in [0.1, 0.15) is 65.8 Å². The van der Waals surface area contributed by atoms with E-state index >= 15 is 0 Å². The number of carbonyl (C=O) groups is 1. The molecular weight excluding hydrogens is 479 g/mol. The monoisotopic (exact) mass is 519 g/mol. The highest BCUT2D eigenvalue weighted by Gasteiger charge is 2.31. The van der Waals surface area contributed by atoms with Gasteiger partial charge < -0.3 is 15.0 Å². The molecule has 5 nitrogen and oxygen atoms in total. The van der Waals surface area contributed by atoms with E-state index in [-0.39, 0.29) is 17.5 Å². The molecule has 1 fully saturated rings. The Bertz CT molecular complexity index is 1030. The van der Waals surface area contributed by atoms with E-state index in [4.69, 9.17) is 4.74 Å². The standard InChI is InChI=1S/C29H40F3N3O2/c1-6-20(2)19-33-13-18-37-27-12-11-26(21(3)22(27)4)23(5)34-14-16-35(17-15-34)28(36)24-7-9-25(10-8-24)29(30,31)32/h7-12,20,23,33H,6,13-19H2,1-5H3. The van der Waals surface area contributed by atoms with Crippen LogP contribution in [-0.2, 0) is 6.18 Å². The Morgan fingerprint density at radius 2 is 1.65 bits per heavy atom. The number of nitrogens with zero attached hydrogens (tertiary/aromatic N) is 2. The van der Waals surface area contributed by atoms with Crippen molar-refractivity contribution in [3.05, 3.63) is 64.2 Å².